The molecule has 1 aliphatic rings. The van der Waals surface area contributed by atoms with Gasteiger partial charge in [0.15, 0.2) is 0 Å². The van der Waals surface area contributed by atoms with Crippen LogP contribution in [0.5, 0.6) is 0 Å². The summed E-state index contributed by atoms with van der Waals surface area (Å²) in [7, 11) is 0. The van der Waals surface area contributed by atoms with Crippen LogP contribution in [0.15, 0.2) is 24.6 Å². The molecular weight excluding hydrogens is 170 g/mol. The minimum absolute atomic E-state index is 0.250. The Labute approximate surface area is 88.5 Å². The van der Waals surface area contributed by atoms with Crippen molar-refractivity contribution in [3.63, 3.8) is 0 Å². The second kappa shape index (κ2) is 5.23. The minimum Gasteiger partial charge on any atom is -0.355 e. The summed E-state index contributed by atoms with van der Waals surface area (Å²) in [6.07, 6.45) is 14.3. The number of unbranched alkanes of at least 4 members (excludes halogenated alkanes) is 3. The molecule has 0 aromatic rings. The van der Waals surface area contributed by atoms with Crippen molar-refractivity contribution in [3.05, 3.63) is 24.6 Å². The Bertz CT molecular complexity index is 197. The average Bonchev–Trinajstić information content (AvgIpc) is 2.15. The van der Waals surface area contributed by atoms with Crippen molar-refractivity contribution in [2.75, 3.05) is 6.54 Å². The number of rotatable bonds is 5. The molecule has 1 heteroatoms. The first-order valence-corrected chi connectivity index (χ1v) is 5.78. The number of allylic oxidation sites excluding steroid dienone is 2. The second-order valence-electron chi connectivity index (χ2n) is 4.75. The zero-order chi connectivity index (χ0) is 10.4. The van der Waals surface area contributed by atoms with Crippen molar-refractivity contribution in [3.8, 4) is 0 Å². The normalized spacial score (nSPS) is 18.9. The van der Waals surface area contributed by atoms with E-state index in [2.05, 4.69) is 50.2 Å². The number of nitrogens with zero attached hydrogens (tertiary/aromatic N) is 1. The Morgan fingerprint density at radius 3 is 2.21 bits per heavy atom. The Morgan fingerprint density at radius 1 is 1.00 bits per heavy atom. The molecule has 0 saturated carbocycles. The van der Waals surface area contributed by atoms with Gasteiger partial charge in [-0.1, -0.05) is 52.2 Å². The molecule has 0 spiro atoms. The van der Waals surface area contributed by atoms with Crippen LogP contribution in [0.3, 0.4) is 0 Å². The second-order valence-corrected chi connectivity index (χ2v) is 4.75. The number of hydrogen-bond donors (Lipinski definition) is 0. The van der Waals surface area contributed by atoms with E-state index in [4.69, 9.17) is 0 Å². The standard InChI is InChI=1S/C13H23N/c1-4-5-6-7-10-14-11-8-13(2,3)9-12-14/h8-9,11-12H,4-7,10H2,1-3H3. The molecule has 80 valence electrons. The first-order chi connectivity index (χ1) is 6.64. The fraction of sp³-hybridized carbons (Fsp3) is 0.692. The van der Waals surface area contributed by atoms with Gasteiger partial charge in [0, 0.05) is 24.4 Å². The lowest BCUT2D eigenvalue weighted by Gasteiger charge is -2.25. The predicted molar refractivity (Wildman–Crippen MR) is 62.9 cm³/mol. The van der Waals surface area contributed by atoms with Gasteiger partial charge in [-0.3, -0.25) is 0 Å². The molecule has 0 saturated heterocycles. The molecule has 1 nitrogen and oxygen atoms in total. The van der Waals surface area contributed by atoms with Gasteiger partial charge < -0.3 is 4.90 Å². The first-order valence-electron chi connectivity index (χ1n) is 5.78. The lowest BCUT2D eigenvalue weighted by Crippen LogP contribution is -2.18. The molecule has 0 aromatic heterocycles. The molecule has 0 aliphatic carbocycles. The van der Waals surface area contributed by atoms with Crippen LogP contribution in [-0.4, -0.2) is 11.4 Å². The zero-order valence-electron chi connectivity index (χ0n) is 9.79. The molecule has 1 aliphatic heterocycles. The smallest absolute Gasteiger partial charge is 0.0219 e. The summed E-state index contributed by atoms with van der Waals surface area (Å²) in [5, 5.41) is 0. The van der Waals surface area contributed by atoms with Crippen LogP contribution in [0.2, 0.25) is 0 Å². The van der Waals surface area contributed by atoms with Crippen molar-refractivity contribution in [2.45, 2.75) is 46.5 Å². The predicted octanol–water partition coefficient (Wildman–Crippen LogP) is 3.94. The van der Waals surface area contributed by atoms with Gasteiger partial charge in [0.25, 0.3) is 0 Å². The van der Waals surface area contributed by atoms with Gasteiger partial charge >= 0.3 is 0 Å². The molecule has 0 radical (unpaired) electrons. The van der Waals surface area contributed by atoms with Crippen molar-refractivity contribution in [1.82, 2.24) is 4.90 Å². The van der Waals surface area contributed by atoms with Gasteiger partial charge in [-0.15, -0.1) is 0 Å². The van der Waals surface area contributed by atoms with E-state index in [0.717, 1.165) is 0 Å². The third-order valence-electron chi connectivity index (χ3n) is 2.66. The third kappa shape index (κ3) is 3.99. The summed E-state index contributed by atoms with van der Waals surface area (Å²) >= 11 is 0. The fourth-order valence-corrected chi connectivity index (χ4v) is 1.55. The van der Waals surface area contributed by atoms with Crippen LogP contribution >= 0.6 is 0 Å². The lowest BCUT2D eigenvalue weighted by atomic mass is 9.92. The highest BCUT2D eigenvalue weighted by molar-refractivity contribution is 5.13. The lowest BCUT2D eigenvalue weighted by molar-refractivity contribution is 0.440. The van der Waals surface area contributed by atoms with Gasteiger partial charge in [0.05, 0.1) is 0 Å². The molecule has 0 atom stereocenters. The van der Waals surface area contributed by atoms with Crippen LogP contribution in [0, 0.1) is 5.41 Å². The summed E-state index contributed by atoms with van der Waals surface area (Å²) in [6.45, 7) is 7.88. The molecule has 0 N–H and O–H groups in total. The van der Waals surface area contributed by atoms with E-state index < -0.39 is 0 Å². The molecular formula is C13H23N. The van der Waals surface area contributed by atoms with Crippen LogP contribution in [0.1, 0.15) is 46.5 Å². The van der Waals surface area contributed by atoms with E-state index >= 15 is 0 Å². The van der Waals surface area contributed by atoms with Crippen LogP contribution < -0.4 is 0 Å². The van der Waals surface area contributed by atoms with E-state index in [1.807, 2.05) is 0 Å². The molecule has 1 rings (SSSR count). The molecule has 0 unspecified atom stereocenters. The largest absolute Gasteiger partial charge is 0.355 e. The molecule has 1 heterocycles. The summed E-state index contributed by atoms with van der Waals surface area (Å²) < 4.78 is 0. The highest BCUT2D eigenvalue weighted by Crippen LogP contribution is 2.23. The molecule has 0 amide bonds. The monoisotopic (exact) mass is 193 g/mol. The maximum absolute atomic E-state index is 2.29. The molecule has 0 aromatic carbocycles. The van der Waals surface area contributed by atoms with E-state index in [1.165, 1.54) is 32.2 Å². The quantitative estimate of drug-likeness (QED) is 0.598. The Kier molecular flexibility index (Phi) is 4.24. The van der Waals surface area contributed by atoms with E-state index in [-0.39, 0.29) is 5.41 Å². The van der Waals surface area contributed by atoms with Crippen LogP contribution in [0.25, 0.3) is 0 Å². The highest BCUT2D eigenvalue weighted by Gasteiger charge is 2.13. The summed E-state index contributed by atoms with van der Waals surface area (Å²) in [6, 6.07) is 0. The van der Waals surface area contributed by atoms with Crippen molar-refractivity contribution in [1.29, 1.82) is 0 Å². The molecule has 0 fully saturated rings. The SMILES string of the molecule is CCCCCCN1C=CC(C)(C)C=C1. The van der Waals surface area contributed by atoms with E-state index in [1.54, 1.807) is 0 Å². The summed E-state index contributed by atoms with van der Waals surface area (Å²) in [5.41, 5.74) is 0.250. The molecule has 0 bridgehead atoms. The first kappa shape index (κ1) is 11.4. The maximum Gasteiger partial charge on any atom is 0.0219 e. The zero-order valence-corrected chi connectivity index (χ0v) is 9.79. The van der Waals surface area contributed by atoms with Crippen molar-refractivity contribution >= 4 is 0 Å². The van der Waals surface area contributed by atoms with E-state index in [0.29, 0.717) is 0 Å². The average molecular weight is 193 g/mol. The minimum atomic E-state index is 0.250. The van der Waals surface area contributed by atoms with Gasteiger partial charge in [0.1, 0.15) is 0 Å². The van der Waals surface area contributed by atoms with Crippen LogP contribution in [-0.2, 0) is 0 Å². The van der Waals surface area contributed by atoms with Gasteiger partial charge in [-0.25, -0.2) is 0 Å². The van der Waals surface area contributed by atoms with Crippen LogP contribution in [0.4, 0.5) is 0 Å². The fourth-order valence-electron chi connectivity index (χ4n) is 1.55. The van der Waals surface area contributed by atoms with Gasteiger partial charge in [-0.05, 0) is 6.42 Å². The summed E-state index contributed by atoms with van der Waals surface area (Å²) in [5.74, 6) is 0. The highest BCUT2D eigenvalue weighted by atomic mass is 15.1. The van der Waals surface area contributed by atoms with Crippen molar-refractivity contribution in [2.24, 2.45) is 5.41 Å². The number of hydrogen-bond acceptors (Lipinski definition) is 1. The Balaban J connectivity index is 2.19. The van der Waals surface area contributed by atoms with E-state index in [9.17, 15) is 0 Å². The van der Waals surface area contributed by atoms with Crippen molar-refractivity contribution < 1.29 is 0 Å². The summed E-state index contributed by atoms with van der Waals surface area (Å²) in [4.78, 5) is 2.29. The Morgan fingerprint density at radius 2 is 1.64 bits per heavy atom. The van der Waals surface area contributed by atoms with Gasteiger partial charge in [0.2, 0.25) is 0 Å². The maximum atomic E-state index is 2.29. The van der Waals surface area contributed by atoms with Gasteiger partial charge in [-0.2, -0.15) is 0 Å². The Hall–Kier alpha value is -0.720. The molecule has 14 heavy (non-hydrogen) atoms. The topological polar surface area (TPSA) is 3.24 Å². The third-order valence-corrected chi connectivity index (χ3v) is 2.66.